The van der Waals surface area contributed by atoms with Crippen LogP contribution in [0.15, 0.2) is 36.4 Å². The maximum atomic E-state index is 11.8. The van der Waals surface area contributed by atoms with Crippen molar-refractivity contribution in [3.63, 3.8) is 0 Å². The second-order valence-electron chi connectivity index (χ2n) is 10.3. The minimum Gasteiger partial charge on any atom is -0.508 e. The Morgan fingerprint density at radius 2 is 1.59 bits per heavy atom. The molecule has 0 amide bonds. The largest absolute Gasteiger partial charge is 0.508 e. The lowest BCUT2D eigenvalue weighted by Gasteiger charge is -2.57. The number of rotatable bonds is 7. The zero-order valence-corrected chi connectivity index (χ0v) is 20.3. The molecule has 1 N–H and O–H groups in total. The molecule has 2 aromatic rings. The summed E-state index contributed by atoms with van der Waals surface area (Å²) in [6.45, 7) is 2.11. The van der Waals surface area contributed by atoms with Gasteiger partial charge in [0.1, 0.15) is 17.2 Å². The van der Waals surface area contributed by atoms with Gasteiger partial charge in [-0.3, -0.25) is 0 Å². The fourth-order valence-electron chi connectivity index (χ4n) is 7.22. The number of phenolic OH excluding ortho intramolecular Hbond substituents is 1. The van der Waals surface area contributed by atoms with E-state index in [2.05, 4.69) is 6.07 Å². The van der Waals surface area contributed by atoms with Crippen LogP contribution < -0.4 is 9.47 Å². The van der Waals surface area contributed by atoms with Crippen LogP contribution >= 0.6 is 0 Å². The summed E-state index contributed by atoms with van der Waals surface area (Å²) in [6.07, 6.45) is 10.7. The van der Waals surface area contributed by atoms with Gasteiger partial charge in [0, 0.05) is 11.6 Å². The number of benzene rings is 2. The molecule has 5 heteroatoms. The van der Waals surface area contributed by atoms with Crippen LogP contribution in [0.4, 0.5) is 0 Å². The molecule has 34 heavy (non-hydrogen) atoms. The number of ether oxygens (including phenoxy) is 3. The van der Waals surface area contributed by atoms with Gasteiger partial charge >= 0.3 is 5.97 Å². The molecule has 4 fully saturated rings. The summed E-state index contributed by atoms with van der Waals surface area (Å²) in [7, 11) is 3.27. The second-order valence-corrected chi connectivity index (χ2v) is 10.3. The SMILES string of the molecule is CCOC(=O)C=Cc1cc(OC)c(-c2ccc(O)c(C34CC5CC(CC(C5)C3)C4)c2)c(OC)c1. The summed E-state index contributed by atoms with van der Waals surface area (Å²) < 4.78 is 16.5. The van der Waals surface area contributed by atoms with Gasteiger partial charge in [0.25, 0.3) is 0 Å². The molecule has 0 aliphatic heterocycles. The van der Waals surface area contributed by atoms with E-state index in [0.29, 0.717) is 23.9 Å². The number of aromatic hydroxyl groups is 1. The van der Waals surface area contributed by atoms with Crippen molar-refractivity contribution < 1.29 is 24.1 Å². The Labute approximate surface area is 201 Å². The minimum absolute atomic E-state index is 0.0810. The molecule has 5 nitrogen and oxygen atoms in total. The zero-order valence-electron chi connectivity index (χ0n) is 20.3. The summed E-state index contributed by atoms with van der Waals surface area (Å²) >= 11 is 0. The van der Waals surface area contributed by atoms with Gasteiger partial charge in [-0.25, -0.2) is 4.79 Å². The van der Waals surface area contributed by atoms with Crippen LogP contribution in [-0.2, 0) is 14.9 Å². The van der Waals surface area contributed by atoms with E-state index in [1.165, 1.54) is 44.6 Å². The molecule has 4 aliphatic carbocycles. The molecular weight excluding hydrogens is 428 g/mol. The summed E-state index contributed by atoms with van der Waals surface area (Å²) in [6, 6.07) is 9.72. The van der Waals surface area contributed by atoms with E-state index in [-0.39, 0.29) is 11.4 Å². The van der Waals surface area contributed by atoms with E-state index in [1.807, 2.05) is 24.3 Å². The standard InChI is InChI=1S/C29H34O5/c1-4-34-27(31)8-5-18-12-25(32-2)28(26(13-18)33-3)22-6-7-24(30)23(14-22)29-15-19-9-20(16-29)11-21(10-19)17-29/h5-8,12-14,19-21,30H,4,9-11,15-17H2,1-3H3. The van der Waals surface area contributed by atoms with Crippen molar-refractivity contribution >= 4 is 12.0 Å². The first kappa shape index (κ1) is 22.8. The van der Waals surface area contributed by atoms with Gasteiger partial charge in [0.05, 0.1) is 26.4 Å². The van der Waals surface area contributed by atoms with Crippen molar-refractivity contribution in [3.8, 4) is 28.4 Å². The fourth-order valence-corrected chi connectivity index (χ4v) is 7.22. The molecule has 0 radical (unpaired) electrons. The smallest absolute Gasteiger partial charge is 0.330 e. The first-order valence-corrected chi connectivity index (χ1v) is 12.4. The Balaban J connectivity index is 1.55. The molecule has 0 spiro atoms. The molecule has 6 rings (SSSR count). The number of carbonyl (C=O) groups is 1. The van der Waals surface area contributed by atoms with Gasteiger partial charge in [0.15, 0.2) is 0 Å². The van der Waals surface area contributed by atoms with E-state index in [1.54, 1.807) is 27.2 Å². The highest BCUT2D eigenvalue weighted by molar-refractivity contribution is 5.88. The third-order valence-corrected chi connectivity index (χ3v) is 8.12. The van der Waals surface area contributed by atoms with Gasteiger partial charge < -0.3 is 19.3 Å². The lowest BCUT2D eigenvalue weighted by Crippen LogP contribution is -2.48. The van der Waals surface area contributed by atoms with Crippen LogP contribution in [0.1, 0.15) is 56.6 Å². The topological polar surface area (TPSA) is 65.0 Å². The highest BCUT2D eigenvalue weighted by atomic mass is 16.5. The Kier molecular flexibility index (Phi) is 6.05. The fraction of sp³-hybridized carbons (Fsp3) is 0.483. The third kappa shape index (κ3) is 4.06. The Bertz CT molecular complexity index is 1060. The van der Waals surface area contributed by atoms with Gasteiger partial charge in [-0.15, -0.1) is 0 Å². The van der Waals surface area contributed by atoms with Crippen LogP contribution in [0.3, 0.4) is 0 Å². The molecule has 0 saturated heterocycles. The van der Waals surface area contributed by atoms with E-state index in [9.17, 15) is 9.90 Å². The molecule has 0 heterocycles. The van der Waals surface area contributed by atoms with Crippen molar-refractivity contribution in [2.75, 3.05) is 20.8 Å². The monoisotopic (exact) mass is 462 g/mol. The molecule has 4 aliphatic rings. The van der Waals surface area contributed by atoms with Crippen molar-refractivity contribution in [2.24, 2.45) is 17.8 Å². The molecule has 2 aromatic carbocycles. The predicted molar refractivity (Wildman–Crippen MR) is 132 cm³/mol. The lowest BCUT2D eigenvalue weighted by molar-refractivity contribution is -0.137. The maximum absolute atomic E-state index is 11.8. The quantitative estimate of drug-likeness (QED) is 0.397. The molecule has 4 bridgehead atoms. The second kappa shape index (κ2) is 9.01. The Morgan fingerprint density at radius 1 is 1.00 bits per heavy atom. The molecular formula is C29H34O5. The van der Waals surface area contributed by atoms with Gasteiger partial charge in [-0.1, -0.05) is 6.07 Å². The normalized spacial score (nSPS) is 27.2. The van der Waals surface area contributed by atoms with Gasteiger partial charge in [-0.2, -0.15) is 0 Å². The summed E-state index contributed by atoms with van der Waals surface area (Å²) in [5, 5.41) is 11.0. The average Bonchev–Trinajstić information content (AvgIpc) is 2.81. The summed E-state index contributed by atoms with van der Waals surface area (Å²) in [5.74, 6) is 3.72. The molecule has 4 saturated carbocycles. The van der Waals surface area contributed by atoms with Gasteiger partial charge in [0.2, 0.25) is 0 Å². The highest BCUT2D eigenvalue weighted by Crippen LogP contribution is 2.62. The van der Waals surface area contributed by atoms with Gasteiger partial charge in [-0.05, 0) is 110 Å². The number of methoxy groups -OCH3 is 2. The number of hydrogen-bond acceptors (Lipinski definition) is 5. The summed E-state index contributed by atoms with van der Waals surface area (Å²) in [4.78, 5) is 11.8. The van der Waals surface area contributed by atoms with Crippen LogP contribution in [-0.4, -0.2) is 31.9 Å². The van der Waals surface area contributed by atoms with Crippen molar-refractivity contribution in [1.82, 2.24) is 0 Å². The molecule has 0 atom stereocenters. The molecule has 180 valence electrons. The minimum atomic E-state index is -0.386. The number of carbonyl (C=O) groups excluding carboxylic acids is 1. The van der Waals surface area contributed by atoms with Crippen LogP contribution in [0, 0.1) is 17.8 Å². The van der Waals surface area contributed by atoms with E-state index in [0.717, 1.165) is 40.0 Å². The predicted octanol–water partition coefficient (Wildman–Crippen LogP) is 6.12. The number of hydrogen-bond donors (Lipinski definition) is 1. The average molecular weight is 463 g/mol. The van der Waals surface area contributed by atoms with Crippen LogP contribution in [0.5, 0.6) is 17.2 Å². The lowest BCUT2D eigenvalue weighted by atomic mass is 9.48. The van der Waals surface area contributed by atoms with Crippen LogP contribution in [0.2, 0.25) is 0 Å². The van der Waals surface area contributed by atoms with Crippen LogP contribution in [0.25, 0.3) is 17.2 Å². The van der Waals surface area contributed by atoms with Crippen molar-refractivity contribution in [2.45, 2.75) is 50.9 Å². The van der Waals surface area contributed by atoms with E-state index < -0.39 is 0 Å². The highest BCUT2D eigenvalue weighted by Gasteiger charge is 2.52. The Hall–Kier alpha value is -2.95. The third-order valence-electron chi connectivity index (χ3n) is 8.12. The number of phenols is 1. The molecule has 0 aromatic heterocycles. The van der Waals surface area contributed by atoms with Crippen molar-refractivity contribution in [1.29, 1.82) is 0 Å². The van der Waals surface area contributed by atoms with E-state index >= 15 is 0 Å². The van der Waals surface area contributed by atoms with Crippen molar-refractivity contribution in [3.05, 3.63) is 47.5 Å². The first-order valence-electron chi connectivity index (χ1n) is 12.4. The Morgan fingerprint density at radius 3 is 2.12 bits per heavy atom. The molecule has 0 unspecified atom stereocenters. The number of esters is 1. The maximum Gasteiger partial charge on any atom is 0.330 e. The first-order chi connectivity index (χ1) is 16.4. The summed E-state index contributed by atoms with van der Waals surface area (Å²) in [5.41, 5.74) is 3.77. The van der Waals surface area contributed by atoms with E-state index in [4.69, 9.17) is 14.2 Å². The zero-order chi connectivity index (χ0) is 23.9.